The van der Waals surface area contributed by atoms with E-state index in [0.717, 1.165) is 12.0 Å². The first kappa shape index (κ1) is 18.7. The van der Waals surface area contributed by atoms with E-state index in [1.807, 2.05) is 12.1 Å². The van der Waals surface area contributed by atoms with Gasteiger partial charge < -0.3 is 5.32 Å². The summed E-state index contributed by atoms with van der Waals surface area (Å²) in [4.78, 5) is 12.1. The number of nitrogens with one attached hydrogen (secondary N) is 3. The Bertz CT molecular complexity index is 602. The predicted molar refractivity (Wildman–Crippen MR) is 103 cm³/mol. The number of amides is 1. The monoisotopic (exact) mass is 347 g/mol. The van der Waals surface area contributed by atoms with E-state index in [-0.39, 0.29) is 5.91 Å². The van der Waals surface area contributed by atoms with E-state index < -0.39 is 0 Å². The number of carbonyl (C=O) groups is 1. The van der Waals surface area contributed by atoms with Gasteiger partial charge in [-0.05, 0) is 61.0 Å². The molecular formula is C19H29N3OS. The van der Waals surface area contributed by atoms with Crippen LogP contribution in [0.4, 0.5) is 0 Å². The maximum atomic E-state index is 12.1. The Morgan fingerprint density at radius 3 is 2.62 bits per heavy atom. The van der Waals surface area contributed by atoms with Crippen LogP contribution in [-0.4, -0.2) is 17.1 Å². The summed E-state index contributed by atoms with van der Waals surface area (Å²) in [6.45, 7) is 8.68. The molecule has 0 saturated heterocycles. The van der Waals surface area contributed by atoms with Gasteiger partial charge in [0.1, 0.15) is 0 Å². The van der Waals surface area contributed by atoms with Crippen molar-refractivity contribution >= 4 is 23.2 Å². The summed E-state index contributed by atoms with van der Waals surface area (Å²) in [6, 6.07) is 6.47. The molecule has 1 amide bonds. The molecule has 1 aliphatic carbocycles. The highest BCUT2D eigenvalue weighted by Gasteiger charge is 2.27. The first-order valence-electron chi connectivity index (χ1n) is 8.78. The third kappa shape index (κ3) is 5.20. The molecule has 1 aliphatic rings. The van der Waals surface area contributed by atoms with E-state index in [4.69, 9.17) is 12.2 Å². The second kappa shape index (κ2) is 8.47. The molecule has 5 heteroatoms. The maximum absolute atomic E-state index is 12.1. The number of rotatable bonds is 3. The van der Waals surface area contributed by atoms with Gasteiger partial charge in [-0.3, -0.25) is 15.6 Å². The Morgan fingerprint density at radius 2 is 1.92 bits per heavy atom. The van der Waals surface area contributed by atoms with Crippen LogP contribution in [0.25, 0.3) is 0 Å². The van der Waals surface area contributed by atoms with E-state index >= 15 is 0 Å². The van der Waals surface area contributed by atoms with Crippen molar-refractivity contribution in [1.82, 2.24) is 16.2 Å². The fourth-order valence-electron chi connectivity index (χ4n) is 3.26. The highest BCUT2D eigenvalue weighted by atomic mass is 32.1. The van der Waals surface area contributed by atoms with E-state index in [9.17, 15) is 4.79 Å². The third-order valence-corrected chi connectivity index (χ3v) is 5.49. The Morgan fingerprint density at radius 1 is 1.17 bits per heavy atom. The summed E-state index contributed by atoms with van der Waals surface area (Å²) in [7, 11) is 0. The maximum Gasteiger partial charge on any atom is 0.242 e. The smallest absolute Gasteiger partial charge is 0.242 e. The molecule has 0 heterocycles. The molecule has 1 aromatic rings. The first-order valence-corrected chi connectivity index (χ1v) is 9.19. The normalized spacial score (nSPS) is 23.4. The predicted octanol–water partition coefficient (Wildman–Crippen LogP) is 3.17. The quantitative estimate of drug-likeness (QED) is 0.581. The number of hydrogen-bond donors (Lipinski definition) is 3. The fourth-order valence-corrected chi connectivity index (χ4v) is 3.46. The van der Waals surface area contributed by atoms with Crippen molar-refractivity contribution in [2.75, 3.05) is 0 Å². The summed E-state index contributed by atoms with van der Waals surface area (Å²) in [6.07, 6.45) is 3.98. The molecule has 0 aromatic heterocycles. The molecular weight excluding hydrogens is 318 g/mol. The third-order valence-electron chi connectivity index (χ3n) is 5.27. The van der Waals surface area contributed by atoms with Crippen molar-refractivity contribution in [2.45, 2.75) is 59.4 Å². The lowest BCUT2D eigenvalue weighted by Crippen LogP contribution is -2.52. The zero-order valence-electron chi connectivity index (χ0n) is 15.1. The van der Waals surface area contributed by atoms with Crippen LogP contribution >= 0.6 is 12.2 Å². The van der Waals surface area contributed by atoms with Crippen molar-refractivity contribution in [3.63, 3.8) is 0 Å². The number of thiocarbonyl (C=S) groups is 1. The Labute approximate surface area is 150 Å². The molecule has 1 aromatic carbocycles. The minimum absolute atomic E-state index is 0.0903. The van der Waals surface area contributed by atoms with Crippen molar-refractivity contribution in [3.8, 4) is 0 Å². The summed E-state index contributed by atoms with van der Waals surface area (Å²) >= 11 is 5.31. The highest BCUT2D eigenvalue weighted by molar-refractivity contribution is 7.80. The van der Waals surface area contributed by atoms with E-state index in [1.165, 1.54) is 24.0 Å². The van der Waals surface area contributed by atoms with E-state index in [2.05, 4.69) is 49.9 Å². The minimum Gasteiger partial charge on any atom is -0.358 e. The molecule has 0 radical (unpaired) electrons. The molecule has 0 unspecified atom stereocenters. The van der Waals surface area contributed by atoms with Gasteiger partial charge in [0.15, 0.2) is 5.11 Å². The van der Waals surface area contributed by atoms with Gasteiger partial charge in [0.25, 0.3) is 0 Å². The lowest BCUT2D eigenvalue weighted by molar-refractivity contribution is -0.121. The van der Waals surface area contributed by atoms with Gasteiger partial charge in [-0.2, -0.15) is 0 Å². The molecule has 3 N–H and O–H groups in total. The molecule has 24 heavy (non-hydrogen) atoms. The topological polar surface area (TPSA) is 53.2 Å². The number of benzene rings is 1. The second-order valence-corrected chi connectivity index (χ2v) is 7.52. The van der Waals surface area contributed by atoms with Crippen LogP contribution in [-0.2, 0) is 11.2 Å². The highest BCUT2D eigenvalue weighted by Crippen LogP contribution is 2.29. The van der Waals surface area contributed by atoms with Gasteiger partial charge in [0.2, 0.25) is 5.91 Å². The number of hydrazine groups is 1. The summed E-state index contributed by atoms with van der Waals surface area (Å²) in [5.41, 5.74) is 8.96. The Hall–Kier alpha value is -1.62. The van der Waals surface area contributed by atoms with E-state index in [1.54, 1.807) is 0 Å². The van der Waals surface area contributed by atoms with Crippen LogP contribution in [0.15, 0.2) is 18.2 Å². The van der Waals surface area contributed by atoms with E-state index in [0.29, 0.717) is 29.4 Å². The Kier molecular flexibility index (Phi) is 6.60. The summed E-state index contributed by atoms with van der Waals surface area (Å²) in [5.74, 6) is 1.20. The SMILES string of the molecule is Cc1ccc(CC(=O)NNC(=S)N[C@@H]2CCC[C@H](C)[C@@H]2C)cc1C. The Balaban J connectivity index is 1.76. The molecule has 132 valence electrons. The average Bonchev–Trinajstić information content (AvgIpc) is 2.53. The van der Waals surface area contributed by atoms with Gasteiger partial charge >= 0.3 is 0 Å². The molecule has 0 aliphatic heterocycles. The fraction of sp³-hybridized carbons (Fsp3) is 0.579. The van der Waals surface area contributed by atoms with Gasteiger partial charge in [-0.25, -0.2) is 0 Å². The van der Waals surface area contributed by atoms with Crippen LogP contribution in [0.1, 0.15) is 49.8 Å². The molecule has 0 bridgehead atoms. The largest absolute Gasteiger partial charge is 0.358 e. The first-order chi connectivity index (χ1) is 11.4. The van der Waals surface area contributed by atoms with Gasteiger partial charge in [-0.15, -0.1) is 0 Å². The number of carbonyl (C=O) groups excluding carboxylic acids is 1. The molecule has 3 atom stereocenters. The lowest BCUT2D eigenvalue weighted by Gasteiger charge is -2.35. The molecule has 4 nitrogen and oxygen atoms in total. The average molecular weight is 348 g/mol. The summed E-state index contributed by atoms with van der Waals surface area (Å²) < 4.78 is 0. The van der Waals surface area contributed by atoms with Crippen LogP contribution < -0.4 is 16.2 Å². The van der Waals surface area contributed by atoms with Crippen molar-refractivity contribution in [2.24, 2.45) is 11.8 Å². The van der Waals surface area contributed by atoms with Crippen LogP contribution in [0.2, 0.25) is 0 Å². The zero-order chi connectivity index (χ0) is 17.7. The second-order valence-electron chi connectivity index (χ2n) is 7.12. The van der Waals surface area contributed by atoms with Crippen LogP contribution in [0.5, 0.6) is 0 Å². The molecule has 1 fully saturated rings. The number of aryl methyl sites for hydroxylation is 2. The van der Waals surface area contributed by atoms with Crippen molar-refractivity contribution < 1.29 is 4.79 Å². The summed E-state index contributed by atoms with van der Waals surface area (Å²) in [5, 5.41) is 3.84. The standard InChI is InChI=1S/C19H29N3OS/c1-12-8-9-16(10-14(12)3)11-18(23)21-22-19(24)20-17-7-5-6-13(2)15(17)4/h8-10,13,15,17H,5-7,11H2,1-4H3,(H,21,23)(H2,20,22,24)/t13-,15-,17+/m0/s1. The minimum atomic E-state index is -0.0903. The zero-order valence-corrected chi connectivity index (χ0v) is 15.9. The van der Waals surface area contributed by atoms with Gasteiger partial charge in [0, 0.05) is 6.04 Å². The van der Waals surface area contributed by atoms with Crippen LogP contribution in [0, 0.1) is 25.7 Å². The van der Waals surface area contributed by atoms with Crippen molar-refractivity contribution in [1.29, 1.82) is 0 Å². The molecule has 2 rings (SSSR count). The van der Waals surface area contributed by atoms with Crippen LogP contribution in [0.3, 0.4) is 0 Å². The molecule has 0 spiro atoms. The van der Waals surface area contributed by atoms with Crippen molar-refractivity contribution in [3.05, 3.63) is 34.9 Å². The molecule has 1 saturated carbocycles. The van der Waals surface area contributed by atoms with Gasteiger partial charge in [0.05, 0.1) is 6.42 Å². The number of hydrogen-bond acceptors (Lipinski definition) is 2. The van der Waals surface area contributed by atoms with Gasteiger partial charge in [-0.1, -0.05) is 44.9 Å². The lowest BCUT2D eigenvalue weighted by atomic mass is 9.78.